The van der Waals surface area contributed by atoms with E-state index in [4.69, 9.17) is 0 Å². The molecule has 1 aliphatic carbocycles. The van der Waals surface area contributed by atoms with Crippen LogP contribution in [0.3, 0.4) is 0 Å². The van der Waals surface area contributed by atoms with Crippen LogP contribution < -0.4 is 4.90 Å². The average molecular weight is 246 g/mol. The largest absolute Gasteiger partial charge is 0.311 e. The minimum atomic E-state index is -0.416. The highest BCUT2D eigenvalue weighted by molar-refractivity contribution is 5.98. The molecule has 1 saturated carbocycles. The van der Waals surface area contributed by atoms with Gasteiger partial charge < -0.3 is 4.90 Å². The van der Waals surface area contributed by atoms with E-state index in [1.165, 1.54) is 12.1 Å². The van der Waals surface area contributed by atoms with Crippen LogP contribution >= 0.6 is 0 Å². The van der Waals surface area contributed by atoms with Crippen LogP contribution in [0.5, 0.6) is 0 Å². The summed E-state index contributed by atoms with van der Waals surface area (Å²) in [6.07, 6.45) is 1.74. The summed E-state index contributed by atoms with van der Waals surface area (Å²) in [4.78, 5) is 24.3. The van der Waals surface area contributed by atoms with Crippen LogP contribution in [-0.2, 0) is 11.2 Å². The Balaban J connectivity index is 1.92. The lowest BCUT2D eigenvalue weighted by Gasteiger charge is -2.17. The van der Waals surface area contributed by atoms with E-state index < -0.39 is 4.92 Å². The fourth-order valence-corrected chi connectivity index (χ4v) is 2.58. The number of nitrogens with zero attached hydrogens (tertiary/aromatic N) is 2. The SMILES string of the molecule is CC1CC1C(=O)N1CCc2ccc([N+](=O)[O-])cc21. The van der Waals surface area contributed by atoms with Crippen molar-refractivity contribution in [3.63, 3.8) is 0 Å². The normalized spacial score (nSPS) is 24.8. The van der Waals surface area contributed by atoms with Gasteiger partial charge in [-0.05, 0) is 24.3 Å². The lowest BCUT2D eigenvalue weighted by Crippen LogP contribution is -2.30. The van der Waals surface area contributed by atoms with Gasteiger partial charge in [-0.3, -0.25) is 14.9 Å². The Morgan fingerprint density at radius 1 is 1.50 bits per heavy atom. The first-order valence-electron chi connectivity index (χ1n) is 6.16. The summed E-state index contributed by atoms with van der Waals surface area (Å²) < 4.78 is 0. The standard InChI is InChI=1S/C13H14N2O3/c1-8-6-11(8)13(16)14-5-4-9-2-3-10(15(17)18)7-12(9)14/h2-3,7-8,11H,4-6H2,1H3. The van der Waals surface area contributed by atoms with Crippen molar-refractivity contribution < 1.29 is 9.72 Å². The molecule has 1 aromatic carbocycles. The van der Waals surface area contributed by atoms with Crippen LogP contribution in [-0.4, -0.2) is 17.4 Å². The van der Waals surface area contributed by atoms with Crippen LogP contribution in [0.2, 0.25) is 0 Å². The highest BCUT2D eigenvalue weighted by Gasteiger charge is 2.43. The minimum absolute atomic E-state index is 0.0531. The first kappa shape index (κ1) is 11.2. The van der Waals surface area contributed by atoms with Gasteiger partial charge in [-0.15, -0.1) is 0 Å². The van der Waals surface area contributed by atoms with E-state index in [-0.39, 0.29) is 17.5 Å². The van der Waals surface area contributed by atoms with Crippen molar-refractivity contribution in [2.75, 3.05) is 11.4 Å². The molecule has 0 radical (unpaired) electrons. The van der Waals surface area contributed by atoms with Crippen molar-refractivity contribution >= 4 is 17.3 Å². The molecule has 2 aliphatic rings. The number of carbonyl (C=O) groups is 1. The minimum Gasteiger partial charge on any atom is -0.311 e. The molecule has 1 fully saturated rings. The monoisotopic (exact) mass is 246 g/mol. The molecule has 5 nitrogen and oxygen atoms in total. The second kappa shape index (κ2) is 3.80. The third kappa shape index (κ3) is 1.66. The van der Waals surface area contributed by atoms with Crippen LogP contribution in [0.4, 0.5) is 11.4 Å². The Hall–Kier alpha value is -1.91. The molecule has 0 spiro atoms. The van der Waals surface area contributed by atoms with Gasteiger partial charge in [-0.1, -0.05) is 13.0 Å². The van der Waals surface area contributed by atoms with E-state index in [1.54, 1.807) is 11.0 Å². The number of hydrogen-bond donors (Lipinski definition) is 0. The first-order valence-corrected chi connectivity index (χ1v) is 6.16. The zero-order chi connectivity index (χ0) is 12.9. The van der Waals surface area contributed by atoms with Crippen molar-refractivity contribution in [1.82, 2.24) is 0 Å². The Morgan fingerprint density at radius 2 is 2.22 bits per heavy atom. The summed E-state index contributed by atoms with van der Waals surface area (Å²) in [7, 11) is 0. The smallest absolute Gasteiger partial charge is 0.271 e. The van der Waals surface area contributed by atoms with Crippen molar-refractivity contribution in [3.05, 3.63) is 33.9 Å². The van der Waals surface area contributed by atoms with Crippen LogP contribution in [0, 0.1) is 22.0 Å². The molecule has 1 amide bonds. The fraction of sp³-hybridized carbons (Fsp3) is 0.462. The molecule has 0 aromatic heterocycles. The third-order valence-corrected chi connectivity index (χ3v) is 3.87. The number of non-ortho nitro benzene ring substituents is 1. The molecule has 0 N–H and O–H groups in total. The van der Waals surface area contributed by atoms with E-state index in [2.05, 4.69) is 6.92 Å². The maximum atomic E-state index is 12.2. The zero-order valence-corrected chi connectivity index (χ0v) is 10.1. The topological polar surface area (TPSA) is 63.5 Å². The van der Waals surface area contributed by atoms with Crippen molar-refractivity contribution in [2.45, 2.75) is 19.8 Å². The molecule has 2 unspecified atom stereocenters. The molecule has 0 saturated heterocycles. The number of carbonyl (C=O) groups excluding carboxylic acids is 1. The number of rotatable bonds is 2. The Labute approximate surface area is 105 Å². The van der Waals surface area contributed by atoms with Gasteiger partial charge in [0.25, 0.3) is 5.69 Å². The molecular weight excluding hydrogens is 232 g/mol. The van der Waals surface area contributed by atoms with Crippen molar-refractivity contribution in [1.29, 1.82) is 0 Å². The molecule has 3 rings (SSSR count). The Kier molecular flexibility index (Phi) is 2.36. The molecule has 1 heterocycles. The maximum absolute atomic E-state index is 12.2. The predicted molar refractivity (Wildman–Crippen MR) is 66.4 cm³/mol. The molecule has 2 atom stereocenters. The summed E-state index contributed by atoms with van der Waals surface area (Å²) in [5.74, 6) is 0.706. The van der Waals surface area contributed by atoms with Gasteiger partial charge in [-0.2, -0.15) is 0 Å². The highest BCUT2D eigenvalue weighted by Crippen LogP contribution is 2.42. The van der Waals surface area contributed by atoms with Crippen LogP contribution in [0.25, 0.3) is 0 Å². The number of amides is 1. The van der Waals surface area contributed by atoms with Gasteiger partial charge in [-0.25, -0.2) is 0 Å². The number of nitro benzene ring substituents is 1. The summed E-state index contributed by atoms with van der Waals surface area (Å²) in [5.41, 5.74) is 1.81. The summed E-state index contributed by atoms with van der Waals surface area (Å²) in [6.45, 7) is 2.71. The van der Waals surface area contributed by atoms with Crippen molar-refractivity contribution in [3.8, 4) is 0 Å². The highest BCUT2D eigenvalue weighted by atomic mass is 16.6. The van der Waals surface area contributed by atoms with Gasteiger partial charge in [0, 0.05) is 24.6 Å². The molecular formula is C13H14N2O3. The lowest BCUT2D eigenvalue weighted by molar-refractivity contribution is -0.384. The van der Waals surface area contributed by atoms with E-state index >= 15 is 0 Å². The molecule has 1 aromatic rings. The number of hydrogen-bond acceptors (Lipinski definition) is 3. The van der Waals surface area contributed by atoms with Gasteiger partial charge in [0.15, 0.2) is 0 Å². The van der Waals surface area contributed by atoms with E-state index in [0.29, 0.717) is 12.5 Å². The summed E-state index contributed by atoms with van der Waals surface area (Å²) in [6, 6.07) is 4.79. The quantitative estimate of drug-likeness (QED) is 0.593. The maximum Gasteiger partial charge on any atom is 0.271 e. The average Bonchev–Trinajstić information content (AvgIpc) is 2.92. The second-order valence-corrected chi connectivity index (χ2v) is 5.13. The number of fused-ring (bicyclic) bond motifs is 1. The van der Waals surface area contributed by atoms with Crippen LogP contribution in [0.15, 0.2) is 18.2 Å². The van der Waals surface area contributed by atoms with E-state index in [1.807, 2.05) is 0 Å². The van der Waals surface area contributed by atoms with Crippen LogP contribution in [0.1, 0.15) is 18.9 Å². The predicted octanol–water partition coefficient (Wildman–Crippen LogP) is 2.14. The molecule has 5 heteroatoms. The van der Waals surface area contributed by atoms with E-state index in [9.17, 15) is 14.9 Å². The number of benzene rings is 1. The van der Waals surface area contributed by atoms with Gasteiger partial charge in [0.1, 0.15) is 0 Å². The first-order chi connectivity index (χ1) is 8.58. The van der Waals surface area contributed by atoms with Gasteiger partial charge >= 0.3 is 0 Å². The molecule has 94 valence electrons. The number of anilines is 1. The van der Waals surface area contributed by atoms with E-state index in [0.717, 1.165) is 24.1 Å². The Bertz CT molecular complexity index is 541. The summed E-state index contributed by atoms with van der Waals surface area (Å²) >= 11 is 0. The fourth-order valence-electron chi connectivity index (χ4n) is 2.58. The molecule has 1 aliphatic heterocycles. The second-order valence-electron chi connectivity index (χ2n) is 5.13. The third-order valence-electron chi connectivity index (χ3n) is 3.87. The summed E-state index contributed by atoms with van der Waals surface area (Å²) in [5, 5.41) is 10.8. The molecule has 18 heavy (non-hydrogen) atoms. The van der Waals surface area contributed by atoms with Gasteiger partial charge in [0.05, 0.1) is 10.6 Å². The number of nitro groups is 1. The Morgan fingerprint density at radius 3 is 2.83 bits per heavy atom. The zero-order valence-electron chi connectivity index (χ0n) is 10.1. The van der Waals surface area contributed by atoms with Crippen molar-refractivity contribution in [2.24, 2.45) is 11.8 Å². The lowest BCUT2D eigenvalue weighted by atomic mass is 10.1. The van der Waals surface area contributed by atoms with Gasteiger partial charge in [0.2, 0.25) is 5.91 Å². The molecule has 0 bridgehead atoms.